The minimum Gasteiger partial charge on any atom is -0.269 e. The predicted molar refractivity (Wildman–Crippen MR) is 88.6 cm³/mol. The molecule has 1 aliphatic rings. The summed E-state index contributed by atoms with van der Waals surface area (Å²) in [6.07, 6.45) is 12.8. The molecule has 0 aliphatic heterocycles. The van der Waals surface area contributed by atoms with Gasteiger partial charge < -0.3 is 0 Å². The van der Waals surface area contributed by atoms with Crippen LogP contribution >= 0.6 is 0 Å². The summed E-state index contributed by atoms with van der Waals surface area (Å²) in [5.41, 5.74) is 0. The van der Waals surface area contributed by atoms with Crippen LogP contribution < -0.4 is 0 Å². The topological polar surface area (TPSA) is 43.4 Å². The molecule has 2 unspecified atom stereocenters. The molecule has 21 heavy (non-hydrogen) atoms. The normalized spacial score (nSPS) is 25.7. The summed E-state index contributed by atoms with van der Waals surface area (Å²) in [5.74, 6) is 0.674. The number of unbranched alkanes of at least 4 members (excludes halogenated alkanes) is 3. The molecule has 2 atom stereocenters. The summed E-state index contributed by atoms with van der Waals surface area (Å²) in [5, 5.41) is 0. The number of hydrogen-bond acceptors (Lipinski definition) is 3. The molecular weight excluding hydrogens is 284 g/mol. The van der Waals surface area contributed by atoms with E-state index in [1.165, 1.54) is 12.8 Å². The Morgan fingerprint density at radius 1 is 1.14 bits per heavy atom. The fourth-order valence-corrected chi connectivity index (χ4v) is 3.81. The van der Waals surface area contributed by atoms with Gasteiger partial charge in [-0.2, -0.15) is 8.42 Å². The van der Waals surface area contributed by atoms with Crippen LogP contribution in [0.1, 0.15) is 59.8 Å². The molecule has 1 aliphatic carbocycles. The van der Waals surface area contributed by atoms with Crippen LogP contribution in [0, 0.1) is 11.8 Å². The van der Waals surface area contributed by atoms with Crippen molar-refractivity contribution in [2.45, 2.75) is 64.5 Å². The van der Waals surface area contributed by atoms with Crippen LogP contribution in [-0.4, -0.2) is 19.8 Å². The van der Waals surface area contributed by atoms with E-state index in [4.69, 9.17) is 4.18 Å². The van der Waals surface area contributed by atoms with Crippen LogP contribution in [0.15, 0.2) is 24.3 Å². The minimum absolute atomic E-state index is 0.0708. The van der Waals surface area contributed by atoms with Gasteiger partial charge in [0.1, 0.15) is 4.75 Å². The van der Waals surface area contributed by atoms with Crippen LogP contribution in [0.4, 0.5) is 0 Å². The molecule has 0 fully saturated rings. The zero-order chi connectivity index (χ0) is 15.9. The molecule has 4 heteroatoms. The minimum atomic E-state index is -3.58. The lowest BCUT2D eigenvalue weighted by atomic mass is 9.91. The van der Waals surface area contributed by atoms with Crippen molar-refractivity contribution >= 4 is 10.1 Å². The average molecular weight is 314 g/mol. The monoisotopic (exact) mass is 314 g/mol. The fraction of sp³-hybridized carbons (Fsp3) is 0.765. The second-order valence-electron chi connectivity index (χ2n) is 6.59. The van der Waals surface area contributed by atoms with Crippen molar-refractivity contribution in [2.75, 3.05) is 6.61 Å². The van der Waals surface area contributed by atoms with Crippen molar-refractivity contribution in [2.24, 2.45) is 11.8 Å². The third-order valence-corrected chi connectivity index (χ3v) is 6.36. The van der Waals surface area contributed by atoms with Crippen LogP contribution in [-0.2, 0) is 14.3 Å². The predicted octanol–water partition coefficient (Wildman–Crippen LogP) is 4.46. The number of hydrogen-bond donors (Lipinski definition) is 0. The Kier molecular flexibility index (Phi) is 7.14. The van der Waals surface area contributed by atoms with Crippen LogP contribution in [0.25, 0.3) is 0 Å². The van der Waals surface area contributed by atoms with Gasteiger partial charge in [-0.05, 0) is 25.2 Å². The van der Waals surface area contributed by atoms with E-state index in [2.05, 4.69) is 13.8 Å². The number of rotatable bonds is 9. The fourth-order valence-electron chi connectivity index (χ4n) is 2.44. The largest absolute Gasteiger partial charge is 0.277 e. The van der Waals surface area contributed by atoms with E-state index in [0.717, 1.165) is 25.2 Å². The highest BCUT2D eigenvalue weighted by molar-refractivity contribution is 7.88. The Morgan fingerprint density at radius 3 is 2.43 bits per heavy atom. The van der Waals surface area contributed by atoms with Crippen LogP contribution in [0.5, 0.6) is 0 Å². The molecule has 0 N–H and O–H groups in total. The summed E-state index contributed by atoms with van der Waals surface area (Å²) >= 11 is 0. The van der Waals surface area contributed by atoms with E-state index in [1.807, 2.05) is 19.1 Å². The molecule has 0 amide bonds. The molecule has 0 aromatic rings. The van der Waals surface area contributed by atoms with Crippen LogP contribution in [0.3, 0.4) is 0 Å². The second kappa shape index (κ2) is 8.14. The smallest absolute Gasteiger partial charge is 0.269 e. The summed E-state index contributed by atoms with van der Waals surface area (Å²) in [4.78, 5) is 0. The average Bonchev–Trinajstić information content (AvgIpc) is 2.40. The van der Waals surface area contributed by atoms with E-state index in [1.54, 1.807) is 19.1 Å². The Bertz CT molecular complexity index is 462. The lowest BCUT2D eigenvalue weighted by molar-refractivity contribution is 0.288. The molecule has 0 aromatic carbocycles. The number of allylic oxidation sites excluding steroid dienone is 3. The van der Waals surface area contributed by atoms with E-state index in [-0.39, 0.29) is 5.92 Å². The van der Waals surface area contributed by atoms with Crippen molar-refractivity contribution in [3.05, 3.63) is 24.3 Å². The molecular formula is C17H30O3S. The highest BCUT2D eigenvalue weighted by Crippen LogP contribution is 2.33. The standard InChI is InChI=1S/C17H30O3S/c1-15(2)11-7-5-6-10-14-20-21(18,19)17(4)13-9-8-12-16(17)3/h8-9,12-13,15-16H,5-7,10-11,14H2,1-4H3. The third-order valence-electron chi connectivity index (χ3n) is 4.30. The zero-order valence-corrected chi connectivity index (χ0v) is 14.7. The molecule has 0 spiro atoms. The quantitative estimate of drug-likeness (QED) is 0.466. The molecule has 0 aromatic heterocycles. The molecule has 3 nitrogen and oxygen atoms in total. The molecule has 0 saturated heterocycles. The SMILES string of the molecule is CC(C)CCCCCCOS(=O)(=O)C1(C)C=CC=CC1C. The van der Waals surface area contributed by atoms with Crippen molar-refractivity contribution in [3.63, 3.8) is 0 Å². The molecule has 122 valence electrons. The van der Waals surface area contributed by atoms with Gasteiger partial charge in [-0.1, -0.05) is 70.8 Å². The Labute approximate surface area is 130 Å². The third kappa shape index (κ3) is 5.26. The first-order chi connectivity index (χ1) is 9.79. The molecule has 0 bridgehead atoms. The van der Waals surface area contributed by atoms with Crippen molar-refractivity contribution in [1.82, 2.24) is 0 Å². The molecule has 1 rings (SSSR count). The lowest BCUT2D eigenvalue weighted by Crippen LogP contribution is -2.41. The first kappa shape index (κ1) is 18.4. The van der Waals surface area contributed by atoms with Gasteiger partial charge in [0.2, 0.25) is 0 Å². The van der Waals surface area contributed by atoms with Gasteiger partial charge in [0.05, 0.1) is 6.61 Å². The summed E-state index contributed by atoms with van der Waals surface area (Å²) in [7, 11) is -3.58. The molecule has 0 heterocycles. The van der Waals surface area contributed by atoms with Gasteiger partial charge in [-0.3, -0.25) is 4.18 Å². The van der Waals surface area contributed by atoms with Gasteiger partial charge in [-0.15, -0.1) is 0 Å². The van der Waals surface area contributed by atoms with Gasteiger partial charge in [-0.25, -0.2) is 0 Å². The summed E-state index contributed by atoms with van der Waals surface area (Å²) in [6.45, 7) is 8.39. The second-order valence-corrected chi connectivity index (χ2v) is 8.61. The maximum atomic E-state index is 12.4. The van der Waals surface area contributed by atoms with Crippen LogP contribution in [0.2, 0.25) is 0 Å². The van der Waals surface area contributed by atoms with Crippen molar-refractivity contribution in [1.29, 1.82) is 0 Å². The first-order valence-electron chi connectivity index (χ1n) is 8.04. The van der Waals surface area contributed by atoms with Gasteiger partial charge in [0.25, 0.3) is 10.1 Å². The van der Waals surface area contributed by atoms with Gasteiger partial charge >= 0.3 is 0 Å². The van der Waals surface area contributed by atoms with Gasteiger partial charge in [0.15, 0.2) is 0 Å². The highest BCUT2D eigenvalue weighted by Gasteiger charge is 2.42. The lowest BCUT2D eigenvalue weighted by Gasteiger charge is -2.31. The summed E-state index contributed by atoms with van der Waals surface area (Å²) in [6, 6.07) is 0. The van der Waals surface area contributed by atoms with E-state index >= 15 is 0 Å². The molecule has 0 saturated carbocycles. The Balaban J connectivity index is 2.34. The summed E-state index contributed by atoms with van der Waals surface area (Å²) < 4.78 is 29.1. The first-order valence-corrected chi connectivity index (χ1v) is 9.45. The maximum Gasteiger partial charge on any atom is 0.277 e. The maximum absolute atomic E-state index is 12.4. The highest BCUT2D eigenvalue weighted by atomic mass is 32.2. The van der Waals surface area contributed by atoms with Crippen molar-refractivity contribution in [3.8, 4) is 0 Å². The zero-order valence-electron chi connectivity index (χ0n) is 13.8. The molecule has 0 radical (unpaired) electrons. The Hall–Kier alpha value is -0.610. The van der Waals surface area contributed by atoms with E-state index in [9.17, 15) is 8.42 Å². The van der Waals surface area contributed by atoms with E-state index < -0.39 is 14.9 Å². The van der Waals surface area contributed by atoms with Gasteiger partial charge in [0, 0.05) is 0 Å². The Morgan fingerprint density at radius 2 is 1.81 bits per heavy atom. The van der Waals surface area contributed by atoms with Crippen molar-refractivity contribution < 1.29 is 12.6 Å². The van der Waals surface area contributed by atoms with E-state index in [0.29, 0.717) is 6.61 Å².